The zero-order valence-corrected chi connectivity index (χ0v) is 24.7. The van der Waals surface area contributed by atoms with Gasteiger partial charge in [0.1, 0.15) is 6.04 Å². The summed E-state index contributed by atoms with van der Waals surface area (Å²) in [5.74, 6) is -0.416. The summed E-state index contributed by atoms with van der Waals surface area (Å²) in [5, 5.41) is 4.38. The van der Waals surface area contributed by atoms with Gasteiger partial charge in [0.25, 0.3) is 0 Å². The van der Waals surface area contributed by atoms with Crippen molar-refractivity contribution in [1.82, 2.24) is 10.2 Å². The second kappa shape index (κ2) is 13.9. The van der Waals surface area contributed by atoms with E-state index >= 15 is 0 Å². The van der Waals surface area contributed by atoms with Crippen molar-refractivity contribution in [2.75, 3.05) is 17.1 Å². The summed E-state index contributed by atoms with van der Waals surface area (Å²) in [6.45, 7) is 2.16. The van der Waals surface area contributed by atoms with Crippen LogP contribution in [0.5, 0.6) is 0 Å². The van der Waals surface area contributed by atoms with Crippen LogP contribution in [0.4, 0.5) is 5.69 Å². The topological polar surface area (TPSA) is 86.8 Å². The smallest absolute Gasteiger partial charge is 0.243 e. The Balaban J connectivity index is 1.77. The molecule has 0 saturated heterocycles. The molecule has 0 heterocycles. The molecule has 2 aromatic carbocycles. The highest BCUT2D eigenvalue weighted by Gasteiger charge is 2.31. The Morgan fingerprint density at radius 3 is 2.26 bits per heavy atom. The van der Waals surface area contributed by atoms with E-state index in [2.05, 4.69) is 5.32 Å². The minimum atomic E-state index is -3.58. The van der Waals surface area contributed by atoms with Gasteiger partial charge in [-0.1, -0.05) is 60.6 Å². The van der Waals surface area contributed by atoms with E-state index in [-0.39, 0.29) is 43.8 Å². The Bertz CT molecular complexity index is 1220. The van der Waals surface area contributed by atoms with Crippen LogP contribution >= 0.6 is 34.8 Å². The van der Waals surface area contributed by atoms with Crippen LogP contribution in [-0.4, -0.2) is 50.0 Å². The largest absolute Gasteiger partial charge is 0.352 e. The van der Waals surface area contributed by atoms with Crippen LogP contribution in [0, 0.1) is 0 Å². The summed E-state index contributed by atoms with van der Waals surface area (Å²) in [7, 11) is -3.58. The summed E-state index contributed by atoms with van der Waals surface area (Å²) in [6.07, 6.45) is 5.94. The molecule has 11 heteroatoms. The first-order chi connectivity index (χ1) is 18.0. The lowest BCUT2D eigenvalue weighted by molar-refractivity contribution is -0.141. The van der Waals surface area contributed by atoms with Crippen LogP contribution in [0.3, 0.4) is 0 Å². The molecule has 0 aromatic heterocycles. The third-order valence-electron chi connectivity index (χ3n) is 6.69. The van der Waals surface area contributed by atoms with E-state index in [1.165, 1.54) is 4.31 Å². The number of nitrogens with zero attached hydrogens (tertiary/aromatic N) is 2. The molecule has 38 heavy (non-hydrogen) atoms. The Kier molecular flexibility index (Phi) is 11.2. The molecule has 0 radical (unpaired) electrons. The van der Waals surface area contributed by atoms with Gasteiger partial charge in [0.15, 0.2) is 0 Å². The zero-order valence-electron chi connectivity index (χ0n) is 21.6. The Labute approximate surface area is 240 Å². The molecule has 0 bridgehead atoms. The molecule has 0 spiro atoms. The van der Waals surface area contributed by atoms with Crippen molar-refractivity contribution < 1.29 is 18.0 Å². The maximum atomic E-state index is 13.6. The van der Waals surface area contributed by atoms with Crippen LogP contribution in [0.25, 0.3) is 0 Å². The van der Waals surface area contributed by atoms with Crippen molar-refractivity contribution in [2.45, 2.75) is 70.5 Å². The SMILES string of the molecule is CC[C@H](C(=O)NC1CCCC1)N(Cc1ccc(Cl)c(Cl)c1)C(=O)CCCN(c1ccc(Cl)cc1)S(C)(=O)=O. The zero-order chi connectivity index (χ0) is 27.9. The molecule has 3 rings (SSSR count). The first kappa shape index (κ1) is 30.5. The third kappa shape index (κ3) is 8.50. The molecule has 1 aliphatic carbocycles. The fourth-order valence-corrected chi connectivity index (χ4v) is 6.15. The highest BCUT2D eigenvalue weighted by atomic mass is 35.5. The van der Waals surface area contributed by atoms with Gasteiger partial charge in [0.2, 0.25) is 21.8 Å². The van der Waals surface area contributed by atoms with Crippen molar-refractivity contribution in [1.29, 1.82) is 0 Å². The Morgan fingerprint density at radius 1 is 1.03 bits per heavy atom. The molecule has 2 amide bonds. The van der Waals surface area contributed by atoms with Gasteiger partial charge in [0.05, 0.1) is 22.0 Å². The van der Waals surface area contributed by atoms with Crippen molar-refractivity contribution in [3.8, 4) is 0 Å². The number of rotatable bonds is 12. The van der Waals surface area contributed by atoms with Gasteiger partial charge in [-0.05, 0) is 67.6 Å². The van der Waals surface area contributed by atoms with Crippen molar-refractivity contribution in [3.05, 3.63) is 63.1 Å². The van der Waals surface area contributed by atoms with Crippen molar-refractivity contribution in [3.63, 3.8) is 0 Å². The molecule has 0 unspecified atom stereocenters. The standard InChI is InChI=1S/C27H34Cl3N3O4S/c1-3-25(27(35)31-21-7-4-5-8-21)32(18-19-10-15-23(29)24(30)17-19)26(34)9-6-16-33(38(2,36)37)22-13-11-20(28)12-14-22/h10-15,17,21,25H,3-9,16,18H2,1-2H3,(H,31,35)/t25-/m1/s1. The average Bonchev–Trinajstić information content (AvgIpc) is 3.37. The Hall–Kier alpha value is -2.00. The number of carbonyl (C=O) groups excluding carboxylic acids is 2. The van der Waals surface area contributed by atoms with Gasteiger partial charge in [0, 0.05) is 30.6 Å². The third-order valence-corrected chi connectivity index (χ3v) is 8.88. The van der Waals surface area contributed by atoms with E-state index in [0.29, 0.717) is 27.2 Å². The molecule has 7 nitrogen and oxygen atoms in total. The molecule has 208 valence electrons. The number of anilines is 1. The van der Waals surface area contributed by atoms with Gasteiger partial charge in [-0.15, -0.1) is 0 Å². The van der Waals surface area contributed by atoms with Crippen LogP contribution in [0.15, 0.2) is 42.5 Å². The number of hydrogen-bond donors (Lipinski definition) is 1. The number of sulfonamides is 1. The molecule has 2 aromatic rings. The lowest BCUT2D eigenvalue weighted by atomic mass is 10.1. The first-order valence-corrected chi connectivity index (χ1v) is 15.7. The summed E-state index contributed by atoms with van der Waals surface area (Å²) < 4.78 is 26.2. The lowest BCUT2D eigenvalue weighted by Crippen LogP contribution is -2.51. The van der Waals surface area contributed by atoms with Gasteiger partial charge in [-0.25, -0.2) is 8.42 Å². The number of amides is 2. The monoisotopic (exact) mass is 601 g/mol. The molecule has 1 saturated carbocycles. The van der Waals surface area contributed by atoms with Gasteiger partial charge in [-0.3, -0.25) is 13.9 Å². The predicted octanol–water partition coefficient (Wildman–Crippen LogP) is 6.06. The minimum Gasteiger partial charge on any atom is -0.352 e. The summed E-state index contributed by atoms with van der Waals surface area (Å²) in [6, 6.07) is 11.1. The van der Waals surface area contributed by atoms with Gasteiger partial charge >= 0.3 is 0 Å². The van der Waals surface area contributed by atoms with E-state index in [9.17, 15) is 18.0 Å². The minimum absolute atomic E-state index is 0.0636. The predicted molar refractivity (Wildman–Crippen MR) is 154 cm³/mol. The van der Waals surface area contributed by atoms with Crippen LogP contribution in [0.2, 0.25) is 15.1 Å². The molecule has 1 N–H and O–H groups in total. The second-order valence-electron chi connectivity index (χ2n) is 9.60. The fraction of sp³-hybridized carbons (Fsp3) is 0.481. The average molecular weight is 603 g/mol. The number of halogens is 3. The normalized spacial score (nSPS) is 14.8. The fourth-order valence-electron chi connectivity index (χ4n) is 4.73. The molecular formula is C27H34Cl3N3O4S. The molecular weight excluding hydrogens is 569 g/mol. The quantitative estimate of drug-likeness (QED) is 0.320. The van der Waals surface area contributed by atoms with E-state index in [0.717, 1.165) is 37.5 Å². The first-order valence-electron chi connectivity index (χ1n) is 12.8. The molecule has 1 aliphatic rings. The van der Waals surface area contributed by atoms with Crippen molar-refractivity contribution in [2.24, 2.45) is 0 Å². The van der Waals surface area contributed by atoms with Crippen molar-refractivity contribution >= 4 is 62.3 Å². The van der Waals surface area contributed by atoms with Crippen LogP contribution < -0.4 is 9.62 Å². The Morgan fingerprint density at radius 2 is 1.68 bits per heavy atom. The van der Waals surface area contributed by atoms with Crippen LogP contribution in [0.1, 0.15) is 57.4 Å². The van der Waals surface area contributed by atoms with Crippen LogP contribution in [-0.2, 0) is 26.2 Å². The second-order valence-corrected chi connectivity index (χ2v) is 12.8. The summed E-state index contributed by atoms with van der Waals surface area (Å²) >= 11 is 18.2. The maximum absolute atomic E-state index is 13.6. The maximum Gasteiger partial charge on any atom is 0.243 e. The van der Waals surface area contributed by atoms with E-state index in [1.54, 1.807) is 47.4 Å². The number of nitrogens with one attached hydrogen (secondary N) is 1. The van der Waals surface area contributed by atoms with E-state index in [4.69, 9.17) is 34.8 Å². The molecule has 1 atom stereocenters. The molecule has 0 aliphatic heterocycles. The number of carbonyl (C=O) groups is 2. The molecule has 1 fully saturated rings. The highest BCUT2D eigenvalue weighted by molar-refractivity contribution is 7.92. The van der Waals surface area contributed by atoms with E-state index in [1.807, 2.05) is 6.92 Å². The van der Waals surface area contributed by atoms with E-state index < -0.39 is 16.1 Å². The van der Waals surface area contributed by atoms with Gasteiger partial charge < -0.3 is 10.2 Å². The van der Waals surface area contributed by atoms with Gasteiger partial charge in [-0.2, -0.15) is 0 Å². The number of benzene rings is 2. The summed E-state index contributed by atoms with van der Waals surface area (Å²) in [4.78, 5) is 28.4. The summed E-state index contributed by atoms with van der Waals surface area (Å²) in [5.41, 5.74) is 1.22. The highest BCUT2D eigenvalue weighted by Crippen LogP contribution is 2.26. The number of hydrogen-bond acceptors (Lipinski definition) is 4. The lowest BCUT2D eigenvalue weighted by Gasteiger charge is -2.32.